The summed E-state index contributed by atoms with van der Waals surface area (Å²) in [5.74, 6) is 3.36. The molecule has 0 spiro atoms. The van der Waals surface area contributed by atoms with E-state index in [4.69, 9.17) is 4.74 Å². The predicted molar refractivity (Wildman–Crippen MR) is 84.0 cm³/mol. The molecule has 4 heteroatoms. The molecule has 0 aromatic carbocycles. The van der Waals surface area contributed by atoms with Crippen molar-refractivity contribution in [2.75, 3.05) is 44.2 Å². The van der Waals surface area contributed by atoms with Gasteiger partial charge in [-0.1, -0.05) is 13.8 Å². The zero-order chi connectivity index (χ0) is 13.5. The van der Waals surface area contributed by atoms with Gasteiger partial charge in [0.2, 0.25) is 0 Å². The lowest BCUT2D eigenvalue weighted by Gasteiger charge is -2.23. The maximum absolute atomic E-state index is 6.18. The van der Waals surface area contributed by atoms with Gasteiger partial charge in [-0.3, -0.25) is 4.90 Å². The SMILES string of the molecule is CC(C)CNCC1CCC(CN2CCCSCC2)O1. The van der Waals surface area contributed by atoms with Gasteiger partial charge in [-0.2, -0.15) is 11.8 Å². The zero-order valence-electron chi connectivity index (χ0n) is 12.6. The Kier molecular flexibility index (Phi) is 6.99. The fourth-order valence-corrected chi connectivity index (χ4v) is 3.79. The first-order valence-corrected chi connectivity index (χ1v) is 9.06. The van der Waals surface area contributed by atoms with E-state index in [1.54, 1.807) is 0 Å². The highest BCUT2D eigenvalue weighted by Gasteiger charge is 2.26. The maximum atomic E-state index is 6.18. The zero-order valence-corrected chi connectivity index (χ0v) is 13.4. The number of nitrogens with one attached hydrogen (secondary N) is 1. The molecular weight excluding hydrogens is 256 g/mol. The molecule has 0 aromatic rings. The predicted octanol–water partition coefficient (Wildman–Crippen LogP) is 2.22. The van der Waals surface area contributed by atoms with Gasteiger partial charge in [0.25, 0.3) is 0 Å². The Morgan fingerprint density at radius 3 is 2.89 bits per heavy atom. The van der Waals surface area contributed by atoms with Crippen LogP contribution in [0.5, 0.6) is 0 Å². The van der Waals surface area contributed by atoms with E-state index in [0.29, 0.717) is 12.2 Å². The third-order valence-electron chi connectivity index (χ3n) is 3.90. The summed E-state index contributed by atoms with van der Waals surface area (Å²) in [6.45, 7) is 10.3. The van der Waals surface area contributed by atoms with E-state index >= 15 is 0 Å². The summed E-state index contributed by atoms with van der Waals surface area (Å²) in [4.78, 5) is 2.61. The quantitative estimate of drug-likeness (QED) is 0.809. The molecule has 0 radical (unpaired) electrons. The van der Waals surface area contributed by atoms with Crippen LogP contribution in [0.3, 0.4) is 0 Å². The molecule has 2 unspecified atom stereocenters. The molecule has 0 amide bonds. The van der Waals surface area contributed by atoms with Gasteiger partial charge in [-0.25, -0.2) is 0 Å². The lowest BCUT2D eigenvalue weighted by molar-refractivity contribution is 0.0245. The van der Waals surface area contributed by atoms with E-state index in [0.717, 1.165) is 25.6 Å². The average molecular weight is 286 g/mol. The van der Waals surface area contributed by atoms with Crippen molar-refractivity contribution in [1.82, 2.24) is 10.2 Å². The van der Waals surface area contributed by atoms with E-state index < -0.39 is 0 Å². The first-order valence-electron chi connectivity index (χ1n) is 7.90. The van der Waals surface area contributed by atoms with Gasteiger partial charge in [0.15, 0.2) is 0 Å². The molecule has 0 aromatic heterocycles. The van der Waals surface area contributed by atoms with Gasteiger partial charge in [-0.05, 0) is 44.0 Å². The average Bonchev–Trinajstić information content (AvgIpc) is 2.65. The summed E-state index contributed by atoms with van der Waals surface area (Å²) in [7, 11) is 0. The van der Waals surface area contributed by atoms with E-state index in [9.17, 15) is 0 Å². The molecular formula is C15H30N2OS. The molecule has 19 heavy (non-hydrogen) atoms. The summed E-state index contributed by atoms with van der Waals surface area (Å²) < 4.78 is 6.18. The Balaban J connectivity index is 1.61. The highest BCUT2D eigenvalue weighted by molar-refractivity contribution is 7.99. The Hall–Kier alpha value is 0.230. The van der Waals surface area contributed by atoms with Gasteiger partial charge < -0.3 is 10.1 Å². The monoisotopic (exact) mass is 286 g/mol. The molecule has 0 bridgehead atoms. The highest BCUT2D eigenvalue weighted by atomic mass is 32.2. The molecule has 2 saturated heterocycles. The summed E-state index contributed by atoms with van der Waals surface area (Å²) in [5, 5.41) is 3.52. The Labute approximate surface area is 122 Å². The lowest BCUT2D eigenvalue weighted by Crippen LogP contribution is -2.35. The molecule has 2 heterocycles. The fraction of sp³-hybridized carbons (Fsp3) is 1.00. The van der Waals surface area contributed by atoms with Crippen molar-refractivity contribution >= 4 is 11.8 Å². The summed E-state index contributed by atoms with van der Waals surface area (Å²) in [6, 6.07) is 0. The van der Waals surface area contributed by atoms with Gasteiger partial charge in [0.05, 0.1) is 12.2 Å². The third kappa shape index (κ3) is 6.03. The van der Waals surface area contributed by atoms with Crippen molar-refractivity contribution in [1.29, 1.82) is 0 Å². The number of ether oxygens (including phenoxy) is 1. The minimum absolute atomic E-state index is 0.449. The molecule has 0 aliphatic carbocycles. The van der Waals surface area contributed by atoms with Crippen LogP contribution in [0, 0.1) is 5.92 Å². The minimum Gasteiger partial charge on any atom is -0.372 e. The normalized spacial score (nSPS) is 29.8. The molecule has 2 fully saturated rings. The van der Waals surface area contributed by atoms with E-state index in [-0.39, 0.29) is 0 Å². The van der Waals surface area contributed by atoms with E-state index in [1.165, 1.54) is 43.9 Å². The van der Waals surface area contributed by atoms with Crippen LogP contribution < -0.4 is 5.32 Å². The van der Waals surface area contributed by atoms with Crippen LogP contribution in [0.15, 0.2) is 0 Å². The standard InChI is InChI=1S/C15H30N2OS/c1-13(2)10-16-11-14-4-5-15(18-14)12-17-6-3-8-19-9-7-17/h13-16H,3-12H2,1-2H3. The van der Waals surface area contributed by atoms with Crippen molar-refractivity contribution in [3.05, 3.63) is 0 Å². The van der Waals surface area contributed by atoms with Crippen LogP contribution in [0.25, 0.3) is 0 Å². The summed E-state index contributed by atoms with van der Waals surface area (Å²) in [6.07, 6.45) is 4.76. The molecule has 112 valence electrons. The summed E-state index contributed by atoms with van der Waals surface area (Å²) in [5.41, 5.74) is 0. The van der Waals surface area contributed by atoms with E-state index in [1.807, 2.05) is 0 Å². The Morgan fingerprint density at radius 2 is 2.05 bits per heavy atom. The van der Waals surface area contributed by atoms with Crippen LogP contribution >= 0.6 is 11.8 Å². The topological polar surface area (TPSA) is 24.5 Å². The largest absolute Gasteiger partial charge is 0.372 e. The van der Waals surface area contributed by atoms with Crippen LogP contribution in [-0.4, -0.2) is 61.3 Å². The molecule has 3 nitrogen and oxygen atoms in total. The fourth-order valence-electron chi connectivity index (χ4n) is 2.87. The highest BCUT2D eigenvalue weighted by Crippen LogP contribution is 2.21. The summed E-state index contributed by atoms with van der Waals surface area (Å²) >= 11 is 2.10. The maximum Gasteiger partial charge on any atom is 0.0707 e. The van der Waals surface area contributed by atoms with Crippen LogP contribution in [-0.2, 0) is 4.74 Å². The van der Waals surface area contributed by atoms with Crippen molar-refractivity contribution in [2.45, 2.75) is 45.3 Å². The van der Waals surface area contributed by atoms with Crippen LogP contribution in [0.1, 0.15) is 33.1 Å². The van der Waals surface area contributed by atoms with Gasteiger partial charge in [0, 0.05) is 25.4 Å². The second kappa shape index (κ2) is 8.50. The third-order valence-corrected chi connectivity index (χ3v) is 4.95. The second-order valence-electron chi connectivity index (χ2n) is 6.28. The Morgan fingerprint density at radius 1 is 1.21 bits per heavy atom. The van der Waals surface area contributed by atoms with Crippen molar-refractivity contribution in [3.8, 4) is 0 Å². The van der Waals surface area contributed by atoms with Crippen molar-refractivity contribution < 1.29 is 4.74 Å². The molecule has 2 aliphatic rings. The number of hydrogen-bond donors (Lipinski definition) is 1. The lowest BCUT2D eigenvalue weighted by atomic mass is 10.1. The van der Waals surface area contributed by atoms with Crippen LogP contribution in [0.2, 0.25) is 0 Å². The van der Waals surface area contributed by atoms with Crippen molar-refractivity contribution in [3.63, 3.8) is 0 Å². The Bertz CT molecular complexity index is 242. The number of nitrogens with zero attached hydrogens (tertiary/aromatic N) is 1. The number of thioether (sulfide) groups is 1. The second-order valence-corrected chi connectivity index (χ2v) is 7.50. The van der Waals surface area contributed by atoms with Crippen LogP contribution in [0.4, 0.5) is 0 Å². The molecule has 1 N–H and O–H groups in total. The molecule has 2 atom stereocenters. The smallest absolute Gasteiger partial charge is 0.0707 e. The van der Waals surface area contributed by atoms with Gasteiger partial charge in [0.1, 0.15) is 0 Å². The molecule has 2 aliphatic heterocycles. The van der Waals surface area contributed by atoms with Gasteiger partial charge >= 0.3 is 0 Å². The van der Waals surface area contributed by atoms with Crippen molar-refractivity contribution in [2.24, 2.45) is 5.92 Å². The first kappa shape index (κ1) is 15.6. The molecule has 2 rings (SSSR count). The number of rotatable bonds is 6. The van der Waals surface area contributed by atoms with Gasteiger partial charge in [-0.15, -0.1) is 0 Å². The minimum atomic E-state index is 0.449. The number of hydrogen-bond acceptors (Lipinski definition) is 4. The van der Waals surface area contributed by atoms with E-state index in [2.05, 4.69) is 35.8 Å². The first-order chi connectivity index (χ1) is 9.24. The molecule has 0 saturated carbocycles.